The van der Waals surface area contributed by atoms with Gasteiger partial charge in [-0.3, -0.25) is 0 Å². The summed E-state index contributed by atoms with van der Waals surface area (Å²) in [7, 11) is 0. The number of hydrogen-bond acceptors (Lipinski definition) is 3. The Bertz CT molecular complexity index is 1180. The fourth-order valence-corrected chi connectivity index (χ4v) is 6.52. The fraction of sp³-hybridized carbons (Fsp3) is 0.513. The average Bonchev–Trinajstić information content (AvgIpc) is 3.03. The number of unbranched alkanes of at least 4 members (excludes halogenated alkanes) is 2. The van der Waals surface area contributed by atoms with Crippen molar-refractivity contribution in [1.29, 1.82) is 0 Å². The van der Waals surface area contributed by atoms with Gasteiger partial charge in [0.1, 0.15) is 0 Å². The van der Waals surface area contributed by atoms with E-state index in [1.165, 1.54) is 80.0 Å². The van der Waals surface area contributed by atoms with Gasteiger partial charge in [0.2, 0.25) is 0 Å². The van der Waals surface area contributed by atoms with Gasteiger partial charge in [-0.2, -0.15) is 0 Å². The van der Waals surface area contributed by atoms with Gasteiger partial charge in [-0.25, -0.2) is 4.79 Å². The third-order valence-electron chi connectivity index (χ3n) is 9.37. The number of esters is 1. The average molecular weight is 569 g/mol. The van der Waals surface area contributed by atoms with E-state index in [0.29, 0.717) is 17.9 Å². The van der Waals surface area contributed by atoms with Crippen molar-refractivity contribution in [3.63, 3.8) is 0 Å². The number of allylic oxidation sites excluding steroid dienone is 4. The van der Waals surface area contributed by atoms with Gasteiger partial charge in [-0.1, -0.05) is 93.1 Å². The number of hydrogen-bond donors (Lipinski definition) is 1. The molecule has 2 aromatic rings. The van der Waals surface area contributed by atoms with Crippen molar-refractivity contribution < 1.29 is 14.6 Å². The molecule has 2 aromatic carbocycles. The maximum absolute atomic E-state index is 11.7. The smallest absolute Gasteiger partial charge is 0.333 e. The standard InChI is InChI=1S/C39H52O3/c1-4-5-6-7-30-14-18-35(19-15-30)37-22-24-38(25-23-37)36-20-16-32(17-21-36)9-8-31-10-12-33(13-11-31)26-34(27-40)28-42-39(41)29(2)3/h10-15,18-19,22,24-25,32,34,36-37,40H,2,4-9,16-17,20-21,23,26-28H2,1,3H3. The van der Waals surface area contributed by atoms with E-state index in [0.717, 1.165) is 24.7 Å². The minimum absolute atomic E-state index is 0.00574. The summed E-state index contributed by atoms with van der Waals surface area (Å²) in [5.74, 6) is 1.58. The highest BCUT2D eigenvalue weighted by molar-refractivity contribution is 5.86. The van der Waals surface area contributed by atoms with Crippen molar-refractivity contribution in [3.05, 3.63) is 107 Å². The van der Waals surface area contributed by atoms with E-state index in [1.807, 2.05) is 0 Å². The van der Waals surface area contributed by atoms with Crippen molar-refractivity contribution in [2.24, 2.45) is 17.8 Å². The Hall–Kier alpha value is -2.91. The molecule has 0 heterocycles. The summed E-state index contributed by atoms with van der Waals surface area (Å²) in [5, 5.41) is 9.70. The molecule has 0 saturated heterocycles. The molecule has 2 unspecified atom stereocenters. The zero-order valence-electron chi connectivity index (χ0n) is 26.0. The summed E-state index contributed by atoms with van der Waals surface area (Å²) in [6.45, 7) is 7.72. The van der Waals surface area contributed by atoms with Crippen LogP contribution in [0, 0.1) is 17.8 Å². The lowest BCUT2D eigenvalue weighted by molar-refractivity contribution is -0.140. The summed E-state index contributed by atoms with van der Waals surface area (Å²) in [6.07, 6.45) is 22.0. The summed E-state index contributed by atoms with van der Waals surface area (Å²) in [4.78, 5) is 11.7. The first-order valence-electron chi connectivity index (χ1n) is 16.4. The van der Waals surface area contributed by atoms with Crippen molar-refractivity contribution in [3.8, 4) is 0 Å². The number of carbonyl (C=O) groups is 1. The Kier molecular flexibility index (Phi) is 12.7. The normalized spacial score (nSPS) is 21.0. The zero-order valence-corrected chi connectivity index (χ0v) is 26.0. The number of rotatable bonds is 15. The highest BCUT2D eigenvalue weighted by atomic mass is 16.5. The molecule has 3 nitrogen and oxygen atoms in total. The highest BCUT2D eigenvalue weighted by Crippen LogP contribution is 2.38. The molecule has 0 aromatic heterocycles. The van der Waals surface area contributed by atoms with Gasteiger partial charge in [0.05, 0.1) is 6.61 Å². The number of aliphatic hydroxyl groups is 1. The molecule has 42 heavy (non-hydrogen) atoms. The number of aryl methyl sites for hydroxylation is 2. The molecule has 2 atom stereocenters. The summed E-state index contributed by atoms with van der Waals surface area (Å²) in [6, 6.07) is 18.2. The predicted molar refractivity (Wildman–Crippen MR) is 175 cm³/mol. The van der Waals surface area contributed by atoms with Crippen LogP contribution in [0.5, 0.6) is 0 Å². The molecular formula is C39H52O3. The van der Waals surface area contributed by atoms with E-state index < -0.39 is 5.97 Å². The second-order valence-corrected chi connectivity index (χ2v) is 12.8. The van der Waals surface area contributed by atoms with Crippen molar-refractivity contribution >= 4 is 5.97 Å². The molecule has 0 bridgehead atoms. The maximum atomic E-state index is 11.7. The summed E-state index contributed by atoms with van der Waals surface area (Å²) >= 11 is 0. The first-order chi connectivity index (χ1) is 20.4. The van der Waals surface area contributed by atoms with Crippen LogP contribution in [0.4, 0.5) is 0 Å². The molecule has 226 valence electrons. The van der Waals surface area contributed by atoms with Crippen LogP contribution >= 0.6 is 0 Å². The van der Waals surface area contributed by atoms with Crippen LogP contribution in [0.2, 0.25) is 0 Å². The molecular weight excluding hydrogens is 516 g/mol. The number of carbonyl (C=O) groups excluding carboxylic acids is 1. The van der Waals surface area contributed by atoms with E-state index in [2.05, 4.69) is 80.3 Å². The SMILES string of the molecule is C=C(C)C(=O)OCC(CO)Cc1ccc(CCC2CCC(C3=CCC(c4ccc(CCCCC)cc4)C=C3)CC2)cc1. The zero-order chi connectivity index (χ0) is 29.7. The first kappa shape index (κ1) is 32.0. The van der Waals surface area contributed by atoms with E-state index in [4.69, 9.17) is 4.74 Å². The van der Waals surface area contributed by atoms with Crippen LogP contribution in [-0.2, 0) is 28.8 Å². The molecule has 2 aliphatic rings. The van der Waals surface area contributed by atoms with Crippen molar-refractivity contribution in [2.75, 3.05) is 13.2 Å². The lowest BCUT2D eigenvalue weighted by atomic mass is 9.75. The van der Waals surface area contributed by atoms with Crippen LogP contribution in [0.1, 0.15) is 99.8 Å². The minimum atomic E-state index is -0.396. The lowest BCUT2D eigenvalue weighted by Gasteiger charge is -2.31. The fourth-order valence-electron chi connectivity index (χ4n) is 6.52. The molecule has 3 heteroatoms. The molecule has 2 aliphatic carbocycles. The molecule has 1 N–H and O–H groups in total. The van der Waals surface area contributed by atoms with Gasteiger partial charge in [0.25, 0.3) is 0 Å². The van der Waals surface area contributed by atoms with Crippen molar-refractivity contribution in [1.82, 2.24) is 0 Å². The van der Waals surface area contributed by atoms with Gasteiger partial charge in [-0.15, -0.1) is 0 Å². The number of ether oxygens (including phenoxy) is 1. The second kappa shape index (κ2) is 16.7. The Morgan fingerprint density at radius 3 is 2.24 bits per heavy atom. The molecule has 0 amide bonds. The molecule has 1 fully saturated rings. The minimum Gasteiger partial charge on any atom is -0.462 e. The van der Waals surface area contributed by atoms with E-state index in [9.17, 15) is 9.90 Å². The molecule has 0 spiro atoms. The van der Waals surface area contributed by atoms with Crippen molar-refractivity contribution in [2.45, 2.75) is 96.8 Å². The Balaban J connectivity index is 1.15. The highest BCUT2D eigenvalue weighted by Gasteiger charge is 2.24. The van der Waals surface area contributed by atoms with Gasteiger partial charge in [0, 0.05) is 24.0 Å². The molecule has 0 radical (unpaired) electrons. The van der Waals surface area contributed by atoms with Gasteiger partial charge < -0.3 is 9.84 Å². The predicted octanol–water partition coefficient (Wildman–Crippen LogP) is 9.10. The van der Waals surface area contributed by atoms with Crippen LogP contribution in [0.3, 0.4) is 0 Å². The van der Waals surface area contributed by atoms with Crippen LogP contribution < -0.4 is 0 Å². The molecule has 0 aliphatic heterocycles. The Morgan fingerprint density at radius 2 is 1.62 bits per heavy atom. The Morgan fingerprint density at radius 1 is 0.952 bits per heavy atom. The topological polar surface area (TPSA) is 46.5 Å². The monoisotopic (exact) mass is 568 g/mol. The number of benzene rings is 2. The van der Waals surface area contributed by atoms with E-state index in [1.54, 1.807) is 12.5 Å². The van der Waals surface area contributed by atoms with Gasteiger partial charge in [-0.05, 0) is 111 Å². The number of aliphatic hydroxyl groups excluding tert-OH is 1. The summed E-state index contributed by atoms with van der Waals surface area (Å²) < 4.78 is 5.24. The van der Waals surface area contributed by atoms with Crippen LogP contribution in [-0.4, -0.2) is 24.3 Å². The summed E-state index contributed by atoms with van der Waals surface area (Å²) in [5.41, 5.74) is 7.44. The van der Waals surface area contributed by atoms with Gasteiger partial charge in [0.15, 0.2) is 0 Å². The second-order valence-electron chi connectivity index (χ2n) is 12.8. The van der Waals surface area contributed by atoms with E-state index in [-0.39, 0.29) is 19.1 Å². The lowest BCUT2D eigenvalue weighted by Crippen LogP contribution is -2.19. The maximum Gasteiger partial charge on any atom is 0.333 e. The first-order valence-corrected chi connectivity index (χ1v) is 16.4. The Labute approximate surface area is 254 Å². The molecule has 4 rings (SSSR count). The quantitative estimate of drug-likeness (QED) is 0.132. The third-order valence-corrected chi connectivity index (χ3v) is 9.37. The van der Waals surface area contributed by atoms with Crippen LogP contribution in [0.25, 0.3) is 0 Å². The third kappa shape index (κ3) is 9.83. The van der Waals surface area contributed by atoms with E-state index >= 15 is 0 Å². The van der Waals surface area contributed by atoms with Gasteiger partial charge >= 0.3 is 5.97 Å². The van der Waals surface area contributed by atoms with Crippen LogP contribution in [0.15, 0.2) is 84.5 Å². The largest absolute Gasteiger partial charge is 0.462 e. The molecule has 1 saturated carbocycles.